The van der Waals surface area contributed by atoms with Gasteiger partial charge in [-0.25, -0.2) is 9.45 Å². The highest BCUT2D eigenvalue weighted by Crippen LogP contribution is 2.13. The van der Waals surface area contributed by atoms with E-state index in [0.717, 1.165) is 19.0 Å². The minimum Gasteiger partial charge on any atom is -0.271 e. The van der Waals surface area contributed by atoms with E-state index in [1.807, 2.05) is 0 Å². The third kappa shape index (κ3) is 2.12. The fourth-order valence-corrected chi connectivity index (χ4v) is 1.44. The second-order valence-corrected chi connectivity index (χ2v) is 3.30. The van der Waals surface area contributed by atoms with Crippen LogP contribution in [0.25, 0.3) is 0 Å². The predicted molar refractivity (Wildman–Crippen MR) is 50.4 cm³/mol. The van der Waals surface area contributed by atoms with E-state index in [0.29, 0.717) is 13.2 Å². The minimum absolute atomic E-state index is 0.00639. The van der Waals surface area contributed by atoms with Crippen LogP contribution in [0, 0.1) is 5.82 Å². The molecule has 5 heteroatoms. The van der Waals surface area contributed by atoms with Crippen molar-refractivity contribution in [1.29, 1.82) is 0 Å². The summed E-state index contributed by atoms with van der Waals surface area (Å²) in [7, 11) is 0. The Hall–Kier alpha value is -1.49. The maximum Gasteiger partial charge on any atom is 0.280 e. The molecule has 2 rings (SSSR count). The summed E-state index contributed by atoms with van der Waals surface area (Å²) >= 11 is 0. The SMILES string of the molecule is O=C(c1ccncc1F)N1CCCCO1. The van der Waals surface area contributed by atoms with Gasteiger partial charge in [-0.05, 0) is 18.9 Å². The number of hydrogen-bond acceptors (Lipinski definition) is 3. The van der Waals surface area contributed by atoms with Crippen molar-refractivity contribution in [3.05, 3.63) is 29.8 Å². The standard InChI is InChI=1S/C10H11FN2O2/c11-9-7-12-4-3-8(9)10(14)13-5-1-2-6-15-13/h3-4,7H,1-2,5-6H2. The first kappa shape index (κ1) is 10.0. The highest BCUT2D eigenvalue weighted by atomic mass is 19.1. The van der Waals surface area contributed by atoms with E-state index in [-0.39, 0.29) is 5.56 Å². The Bertz CT molecular complexity index is 364. The van der Waals surface area contributed by atoms with E-state index in [4.69, 9.17) is 4.84 Å². The van der Waals surface area contributed by atoms with E-state index >= 15 is 0 Å². The number of carbonyl (C=O) groups excluding carboxylic acids is 1. The van der Waals surface area contributed by atoms with Crippen LogP contribution in [-0.2, 0) is 4.84 Å². The van der Waals surface area contributed by atoms with Crippen molar-refractivity contribution in [2.75, 3.05) is 13.2 Å². The lowest BCUT2D eigenvalue weighted by atomic mass is 10.2. The monoisotopic (exact) mass is 210 g/mol. The summed E-state index contributed by atoms with van der Waals surface area (Å²) < 4.78 is 13.2. The van der Waals surface area contributed by atoms with Gasteiger partial charge in [-0.2, -0.15) is 0 Å². The van der Waals surface area contributed by atoms with Crippen molar-refractivity contribution in [3.63, 3.8) is 0 Å². The summed E-state index contributed by atoms with van der Waals surface area (Å²) in [4.78, 5) is 20.5. The zero-order valence-electron chi connectivity index (χ0n) is 8.15. The van der Waals surface area contributed by atoms with E-state index < -0.39 is 11.7 Å². The average molecular weight is 210 g/mol. The molecule has 0 saturated carbocycles. The zero-order valence-corrected chi connectivity index (χ0v) is 8.15. The Labute approximate surface area is 86.6 Å². The number of aromatic nitrogens is 1. The summed E-state index contributed by atoms with van der Waals surface area (Å²) in [6, 6.07) is 1.36. The molecule has 1 aromatic heterocycles. The Morgan fingerprint density at radius 3 is 3.07 bits per heavy atom. The summed E-state index contributed by atoms with van der Waals surface area (Å²) in [5.41, 5.74) is 0.00639. The van der Waals surface area contributed by atoms with Gasteiger partial charge in [-0.3, -0.25) is 14.6 Å². The lowest BCUT2D eigenvalue weighted by molar-refractivity contribution is -0.144. The Kier molecular flexibility index (Phi) is 2.91. The molecule has 4 nitrogen and oxygen atoms in total. The van der Waals surface area contributed by atoms with E-state index in [2.05, 4.69) is 4.98 Å². The van der Waals surface area contributed by atoms with Crippen LogP contribution in [0.2, 0.25) is 0 Å². The molecule has 0 unspecified atom stereocenters. The number of pyridine rings is 1. The zero-order chi connectivity index (χ0) is 10.7. The highest BCUT2D eigenvalue weighted by Gasteiger charge is 2.21. The number of hydroxylamine groups is 2. The molecule has 0 bridgehead atoms. The molecule has 1 amide bonds. The topological polar surface area (TPSA) is 42.4 Å². The van der Waals surface area contributed by atoms with Crippen LogP contribution in [-0.4, -0.2) is 29.1 Å². The molecule has 2 heterocycles. The van der Waals surface area contributed by atoms with Gasteiger partial charge in [-0.15, -0.1) is 0 Å². The predicted octanol–water partition coefficient (Wildman–Crippen LogP) is 1.39. The number of rotatable bonds is 1. The van der Waals surface area contributed by atoms with Gasteiger partial charge in [0.25, 0.3) is 5.91 Å². The summed E-state index contributed by atoms with van der Waals surface area (Å²) in [6.45, 7) is 1.03. The van der Waals surface area contributed by atoms with Crippen LogP contribution in [0.4, 0.5) is 4.39 Å². The van der Waals surface area contributed by atoms with Crippen molar-refractivity contribution in [3.8, 4) is 0 Å². The van der Waals surface area contributed by atoms with Crippen LogP contribution < -0.4 is 0 Å². The lowest BCUT2D eigenvalue weighted by Crippen LogP contribution is -2.36. The van der Waals surface area contributed by atoms with E-state index in [1.165, 1.54) is 17.3 Å². The minimum atomic E-state index is -0.614. The summed E-state index contributed by atoms with van der Waals surface area (Å²) in [5, 5.41) is 1.21. The molecule has 15 heavy (non-hydrogen) atoms. The first-order valence-electron chi connectivity index (χ1n) is 4.83. The van der Waals surface area contributed by atoms with Crippen molar-refractivity contribution in [2.45, 2.75) is 12.8 Å². The molecule has 80 valence electrons. The maximum atomic E-state index is 13.2. The second-order valence-electron chi connectivity index (χ2n) is 3.30. The third-order valence-electron chi connectivity index (χ3n) is 2.23. The smallest absolute Gasteiger partial charge is 0.271 e. The van der Waals surface area contributed by atoms with Crippen LogP contribution >= 0.6 is 0 Å². The Morgan fingerprint density at radius 2 is 2.40 bits per heavy atom. The van der Waals surface area contributed by atoms with Gasteiger partial charge >= 0.3 is 0 Å². The molecule has 1 saturated heterocycles. The number of halogens is 1. The van der Waals surface area contributed by atoms with Gasteiger partial charge in [-0.1, -0.05) is 0 Å². The van der Waals surface area contributed by atoms with E-state index in [9.17, 15) is 9.18 Å². The van der Waals surface area contributed by atoms with Gasteiger partial charge < -0.3 is 0 Å². The van der Waals surface area contributed by atoms with Gasteiger partial charge in [0.1, 0.15) is 0 Å². The quantitative estimate of drug-likeness (QED) is 0.703. The van der Waals surface area contributed by atoms with Crippen molar-refractivity contribution in [1.82, 2.24) is 10.0 Å². The summed E-state index contributed by atoms with van der Waals surface area (Å²) in [6.07, 6.45) is 4.23. The molecule has 1 aromatic rings. The first-order chi connectivity index (χ1) is 7.29. The maximum absolute atomic E-state index is 13.2. The number of hydrogen-bond donors (Lipinski definition) is 0. The molecule has 1 aliphatic heterocycles. The fraction of sp³-hybridized carbons (Fsp3) is 0.400. The first-order valence-corrected chi connectivity index (χ1v) is 4.83. The summed E-state index contributed by atoms with van der Waals surface area (Å²) in [5.74, 6) is -1.05. The van der Waals surface area contributed by atoms with Gasteiger partial charge in [0, 0.05) is 12.7 Å². The van der Waals surface area contributed by atoms with Crippen LogP contribution in [0.1, 0.15) is 23.2 Å². The van der Waals surface area contributed by atoms with Crippen molar-refractivity contribution >= 4 is 5.91 Å². The number of amides is 1. The third-order valence-corrected chi connectivity index (χ3v) is 2.23. The lowest BCUT2D eigenvalue weighted by Gasteiger charge is -2.25. The number of carbonyl (C=O) groups is 1. The van der Waals surface area contributed by atoms with E-state index in [1.54, 1.807) is 0 Å². The Morgan fingerprint density at radius 1 is 1.53 bits per heavy atom. The second kappa shape index (κ2) is 4.35. The van der Waals surface area contributed by atoms with Crippen molar-refractivity contribution < 1.29 is 14.0 Å². The molecule has 0 aromatic carbocycles. The van der Waals surface area contributed by atoms with Crippen LogP contribution in [0.3, 0.4) is 0 Å². The van der Waals surface area contributed by atoms with Gasteiger partial charge in [0.15, 0.2) is 5.82 Å². The van der Waals surface area contributed by atoms with Gasteiger partial charge in [0.05, 0.1) is 18.4 Å². The largest absolute Gasteiger partial charge is 0.280 e. The van der Waals surface area contributed by atoms with Crippen molar-refractivity contribution in [2.24, 2.45) is 0 Å². The Balaban J connectivity index is 2.16. The molecule has 0 aliphatic carbocycles. The molecule has 0 spiro atoms. The molecular formula is C10H11FN2O2. The number of nitrogens with zero attached hydrogens (tertiary/aromatic N) is 2. The normalized spacial score (nSPS) is 16.5. The molecule has 0 radical (unpaired) electrons. The average Bonchev–Trinajstić information content (AvgIpc) is 2.30. The van der Waals surface area contributed by atoms with Gasteiger partial charge in [0.2, 0.25) is 0 Å². The highest BCUT2D eigenvalue weighted by molar-refractivity contribution is 5.93. The molecule has 0 atom stereocenters. The molecule has 0 N–H and O–H groups in total. The molecule has 1 fully saturated rings. The molecular weight excluding hydrogens is 199 g/mol. The molecule has 1 aliphatic rings. The fourth-order valence-electron chi connectivity index (χ4n) is 1.44. The van der Waals surface area contributed by atoms with Crippen LogP contribution in [0.5, 0.6) is 0 Å². The van der Waals surface area contributed by atoms with Crippen LogP contribution in [0.15, 0.2) is 18.5 Å².